The fourth-order valence-electron chi connectivity index (χ4n) is 1.21. The van der Waals surface area contributed by atoms with Crippen molar-refractivity contribution in [3.8, 4) is 0 Å². The Morgan fingerprint density at radius 1 is 1.35 bits per heavy atom. The smallest absolute Gasteiger partial charge is 0.299 e. The van der Waals surface area contributed by atoms with Gasteiger partial charge in [-0.1, -0.05) is 13.8 Å². The van der Waals surface area contributed by atoms with E-state index in [1.165, 1.54) is 0 Å². The number of nitrogen functional groups attached to an aromatic ring is 1. The van der Waals surface area contributed by atoms with Crippen LogP contribution in [0.15, 0.2) is 18.2 Å². The highest BCUT2D eigenvalue weighted by molar-refractivity contribution is 7.90. The molecular weight excluding hydrogens is 238 g/mol. The maximum absolute atomic E-state index is 11.6. The van der Waals surface area contributed by atoms with Crippen molar-refractivity contribution in [3.63, 3.8) is 0 Å². The Bertz CT molecular complexity index is 483. The normalized spacial score (nSPS) is 11.8. The molecule has 0 spiro atoms. The molecule has 0 aliphatic heterocycles. The monoisotopic (exact) mass is 257 g/mol. The van der Waals surface area contributed by atoms with Gasteiger partial charge in [0.25, 0.3) is 10.2 Å². The van der Waals surface area contributed by atoms with Gasteiger partial charge in [0.05, 0.1) is 5.69 Å². The first-order valence-electron chi connectivity index (χ1n) is 5.43. The molecule has 0 heterocycles. The van der Waals surface area contributed by atoms with Gasteiger partial charge >= 0.3 is 0 Å². The van der Waals surface area contributed by atoms with Crippen LogP contribution in [0.3, 0.4) is 0 Å². The van der Waals surface area contributed by atoms with E-state index in [-0.39, 0.29) is 5.92 Å². The fourth-order valence-corrected chi connectivity index (χ4v) is 2.27. The SMILES string of the molecule is Cc1cc(NS(=O)(=O)NCC(C)C)ccc1N. The molecule has 0 fully saturated rings. The molecule has 0 saturated carbocycles. The summed E-state index contributed by atoms with van der Waals surface area (Å²) in [7, 11) is -3.50. The molecule has 5 nitrogen and oxygen atoms in total. The van der Waals surface area contributed by atoms with Crippen LogP contribution in [0.4, 0.5) is 11.4 Å². The van der Waals surface area contributed by atoms with E-state index < -0.39 is 10.2 Å². The second-order valence-corrected chi connectivity index (χ2v) is 5.92. The number of aryl methyl sites for hydroxylation is 1. The highest BCUT2D eigenvalue weighted by atomic mass is 32.2. The van der Waals surface area contributed by atoms with E-state index in [2.05, 4.69) is 9.44 Å². The van der Waals surface area contributed by atoms with Crippen LogP contribution in [-0.4, -0.2) is 15.0 Å². The average Bonchev–Trinajstić information content (AvgIpc) is 2.21. The predicted octanol–water partition coefficient (Wildman–Crippen LogP) is 1.48. The minimum atomic E-state index is -3.50. The van der Waals surface area contributed by atoms with E-state index in [9.17, 15) is 8.42 Å². The van der Waals surface area contributed by atoms with Crippen molar-refractivity contribution in [2.75, 3.05) is 17.0 Å². The standard InChI is InChI=1S/C11H19N3O2S/c1-8(2)7-13-17(15,16)14-10-4-5-11(12)9(3)6-10/h4-6,8,13-14H,7,12H2,1-3H3. The molecule has 96 valence electrons. The van der Waals surface area contributed by atoms with E-state index in [0.29, 0.717) is 17.9 Å². The number of benzene rings is 1. The van der Waals surface area contributed by atoms with Gasteiger partial charge in [0.1, 0.15) is 0 Å². The first kappa shape index (κ1) is 13.8. The molecule has 0 aliphatic rings. The number of nitrogens with two attached hydrogens (primary N) is 1. The molecule has 1 rings (SSSR count). The zero-order valence-electron chi connectivity index (χ0n) is 10.3. The minimum absolute atomic E-state index is 0.264. The predicted molar refractivity (Wildman–Crippen MR) is 71.0 cm³/mol. The molecule has 0 aliphatic carbocycles. The summed E-state index contributed by atoms with van der Waals surface area (Å²) in [6, 6.07) is 5.01. The summed E-state index contributed by atoms with van der Waals surface area (Å²) in [6.45, 7) is 6.11. The number of hydrogen-bond donors (Lipinski definition) is 3. The van der Waals surface area contributed by atoms with E-state index in [1.807, 2.05) is 20.8 Å². The average molecular weight is 257 g/mol. The second kappa shape index (κ2) is 5.37. The van der Waals surface area contributed by atoms with Gasteiger partial charge in [0.15, 0.2) is 0 Å². The lowest BCUT2D eigenvalue weighted by molar-refractivity contribution is 0.565. The van der Waals surface area contributed by atoms with Crippen LogP contribution in [0, 0.1) is 12.8 Å². The lowest BCUT2D eigenvalue weighted by Gasteiger charge is -2.11. The Morgan fingerprint density at radius 3 is 2.53 bits per heavy atom. The van der Waals surface area contributed by atoms with Crippen LogP contribution >= 0.6 is 0 Å². The third kappa shape index (κ3) is 4.62. The van der Waals surface area contributed by atoms with Crippen LogP contribution in [0.5, 0.6) is 0 Å². The zero-order valence-corrected chi connectivity index (χ0v) is 11.1. The van der Waals surface area contributed by atoms with Gasteiger partial charge in [0, 0.05) is 12.2 Å². The van der Waals surface area contributed by atoms with E-state index >= 15 is 0 Å². The molecule has 0 radical (unpaired) electrons. The fraction of sp³-hybridized carbons (Fsp3) is 0.455. The van der Waals surface area contributed by atoms with Crippen molar-refractivity contribution in [1.29, 1.82) is 0 Å². The van der Waals surface area contributed by atoms with Crippen molar-refractivity contribution in [2.45, 2.75) is 20.8 Å². The van der Waals surface area contributed by atoms with E-state index in [4.69, 9.17) is 5.73 Å². The summed E-state index contributed by atoms with van der Waals surface area (Å²) in [4.78, 5) is 0. The molecule has 0 unspecified atom stereocenters. The lowest BCUT2D eigenvalue weighted by atomic mass is 10.2. The van der Waals surface area contributed by atoms with Crippen molar-refractivity contribution in [3.05, 3.63) is 23.8 Å². The molecule has 0 saturated heterocycles. The molecule has 1 aromatic carbocycles. The Labute approximate surface area is 103 Å². The van der Waals surface area contributed by atoms with Gasteiger partial charge in [-0.05, 0) is 36.6 Å². The molecule has 17 heavy (non-hydrogen) atoms. The summed E-state index contributed by atoms with van der Waals surface area (Å²) in [5, 5.41) is 0. The van der Waals surface area contributed by atoms with Crippen LogP contribution in [0.1, 0.15) is 19.4 Å². The van der Waals surface area contributed by atoms with Crippen LogP contribution in [0.25, 0.3) is 0 Å². The molecule has 4 N–H and O–H groups in total. The molecule has 1 aromatic rings. The molecule has 0 bridgehead atoms. The van der Waals surface area contributed by atoms with E-state index in [1.54, 1.807) is 18.2 Å². The highest BCUT2D eigenvalue weighted by Gasteiger charge is 2.10. The Morgan fingerprint density at radius 2 is 2.00 bits per heavy atom. The number of hydrogen-bond acceptors (Lipinski definition) is 3. The summed E-state index contributed by atoms with van der Waals surface area (Å²) >= 11 is 0. The zero-order chi connectivity index (χ0) is 13.1. The molecule has 0 aromatic heterocycles. The van der Waals surface area contributed by atoms with Gasteiger partial charge in [-0.15, -0.1) is 0 Å². The maximum Gasteiger partial charge on any atom is 0.299 e. The van der Waals surface area contributed by atoms with E-state index in [0.717, 1.165) is 5.56 Å². The summed E-state index contributed by atoms with van der Waals surface area (Å²) in [6.07, 6.45) is 0. The van der Waals surface area contributed by atoms with Gasteiger partial charge in [-0.3, -0.25) is 4.72 Å². The largest absolute Gasteiger partial charge is 0.399 e. The third-order valence-electron chi connectivity index (χ3n) is 2.20. The number of rotatable bonds is 5. The highest BCUT2D eigenvalue weighted by Crippen LogP contribution is 2.17. The van der Waals surface area contributed by atoms with Gasteiger partial charge in [0.2, 0.25) is 0 Å². The van der Waals surface area contributed by atoms with Gasteiger partial charge in [-0.25, -0.2) is 0 Å². The first-order valence-corrected chi connectivity index (χ1v) is 6.92. The summed E-state index contributed by atoms with van der Waals surface area (Å²) in [5.41, 5.74) is 7.65. The topological polar surface area (TPSA) is 84.2 Å². The van der Waals surface area contributed by atoms with Crippen molar-refractivity contribution in [2.24, 2.45) is 5.92 Å². The Balaban J connectivity index is 2.73. The van der Waals surface area contributed by atoms with Crippen LogP contribution < -0.4 is 15.2 Å². The second-order valence-electron chi connectivity index (χ2n) is 4.42. The Kier molecular flexibility index (Phi) is 4.36. The molecule has 6 heteroatoms. The quantitative estimate of drug-likeness (QED) is 0.698. The van der Waals surface area contributed by atoms with Crippen LogP contribution in [-0.2, 0) is 10.2 Å². The Hall–Kier alpha value is -1.27. The van der Waals surface area contributed by atoms with Crippen molar-refractivity contribution in [1.82, 2.24) is 4.72 Å². The number of nitrogens with one attached hydrogen (secondary N) is 2. The number of anilines is 2. The van der Waals surface area contributed by atoms with Crippen molar-refractivity contribution < 1.29 is 8.42 Å². The molecular formula is C11H19N3O2S. The molecule has 0 atom stereocenters. The van der Waals surface area contributed by atoms with Crippen molar-refractivity contribution >= 4 is 21.6 Å². The van der Waals surface area contributed by atoms with Gasteiger partial charge < -0.3 is 5.73 Å². The minimum Gasteiger partial charge on any atom is -0.399 e. The summed E-state index contributed by atoms with van der Waals surface area (Å²) in [5.74, 6) is 0.264. The molecule has 0 amide bonds. The summed E-state index contributed by atoms with van der Waals surface area (Å²) < 4.78 is 28.2. The van der Waals surface area contributed by atoms with Gasteiger partial charge in [-0.2, -0.15) is 13.1 Å². The third-order valence-corrected chi connectivity index (χ3v) is 3.25. The first-order chi connectivity index (χ1) is 7.80. The van der Waals surface area contributed by atoms with Crippen LogP contribution in [0.2, 0.25) is 0 Å². The lowest BCUT2D eigenvalue weighted by Crippen LogP contribution is -2.32. The maximum atomic E-state index is 11.6.